The summed E-state index contributed by atoms with van der Waals surface area (Å²) in [4.78, 5) is 12.0. The predicted molar refractivity (Wildman–Crippen MR) is 73.4 cm³/mol. The summed E-state index contributed by atoms with van der Waals surface area (Å²) in [6.07, 6.45) is 2.00. The van der Waals surface area contributed by atoms with Gasteiger partial charge in [0.2, 0.25) is 5.91 Å². The largest absolute Gasteiger partial charge is 0.325 e. The lowest BCUT2D eigenvalue weighted by Crippen LogP contribution is -2.37. The highest BCUT2D eigenvalue weighted by molar-refractivity contribution is 9.10. The summed E-state index contributed by atoms with van der Waals surface area (Å²) in [6.45, 7) is 1.77. The highest BCUT2D eigenvalue weighted by Crippen LogP contribution is 2.26. The predicted octanol–water partition coefficient (Wildman–Crippen LogP) is 3.04. The fourth-order valence-corrected chi connectivity index (χ4v) is 2.68. The summed E-state index contributed by atoms with van der Waals surface area (Å²) in [5, 5.41) is 6.80. The minimum Gasteiger partial charge on any atom is -0.325 e. The van der Waals surface area contributed by atoms with Crippen molar-refractivity contribution in [3.05, 3.63) is 27.7 Å². The van der Waals surface area contributed by atoms with Gasteiger partial charge in [0, 0.05) is 16.0 Å². The van der Waals surface area contributed by atoms with Crippen LogP contribution in [0, 0.1) is 5.92 Å². The van der Waals surface area contributed by atoms with Gasteiger partial charge >= 0.3 is 0 Å². The number of amides is 1. The van der Waals surface area contributed by atoms with Crippen LogP contribution in [0.25, 0.3) is 0 Å². The average molecular weight is 318 g/mol. The molecular weight excluding hydrogens is 304 g/mol. The SMILES string of the molecule is O=C(Nc1ccc(Cl)cc1Br)C1CCCNC1. The van der Waals surface area contributed by atoms with Gasteiger partial charge in [-0.15, -0.1) is 0 Å². The van der Waals surface area contributed by atoms with Gasteiger partial charge in [-0.3, -0.25) is 4.79 Å². The Bertz CT molecular complexity index is 419. The van der Waals surface area contributed by atoms with Crippen molar-refractivity contribution in [1.29, 1.82) is 0 Å². The van der Waals surface area contributed by atoms with Crippen LogP contribution in [0.15, 0.2) is 22.7 Å². The second-order valence-corrected chi connectivity index (χ2v) is 5.45. The van der Waals surface area contributed by atoms with Crippen LogP contribution in [0.2, 0.25) is 5.02 Å². The molecule has 1 amide bonds. The van der Waals surface area contributed by atoms with Crippen LogP contribution in [-0.2, 0) is 4.79 Å². The Morgan fingerprint density at radius 3 is 3.00 bits per heavy atom. The number of anilines is 1. The second-order valence-electron chi connectivity index (χ2n) is 4.16. The zero-order valence-corrected chi connectivity index (χ0v) is 11.6. The number of halogens is 2. The minimum atomic E-state index is 0.0614. The zero-order chi connectivity index (χ0) is 12.3. The maximum absolute atomic E-state index is 12.0. The fourth-order valence-electron chi connectivity index (χ4n) is 1.90. The van der Waals surface area contributed by atoms with Crippen molar-refractivity contribution in [3.63, 3.8) is 0 Å². The van der Waals surface area contributed by atoms with E-state index in [1.54, 1.807) is 18.2 Å². The van der Waals surface area contributed by atoms with Gasteiger partial charge in [0.15, 0.2) is 0 Å². The molecule has 1 saturated heterocycles. The summed E-state index contributed by atoms with van der Waals surface area (Å²) in [6, 6.07) is 5.35. The lowest BCUT2D eigenvalue weighted by atomic mass is 9.99. The number of rotatable bonds is 2. The monoisotopic (exact) mass is 316 g/mol. The Kier molecular flexibility index (Phi) is 4.42. The topological polar surface area (TPSA) is 41.1 Å². The maximum atomic E-state index is 12.0. The van der Waals surface area contributed by atoms with Crippen LogP contribution in [0.5, 0.6) is 0 Å². The van der Waals surface area contributed by atoms with E-state index in [1.165, 1.54) is 0 Å². The normalized spacial score (nSPS) is 20.0. The number of carbonyl (C=O) groups excluding carboxylic acids is 1. The molecule has 0 spiro atoms. The highest BCUT2D eigenvalue weighted by Gasteiger charge is 2.21. The molecule has 92 valence electrons. The molecule has 2 rings (SSSR count). The van der Waals surface area contributed by atoms with E-state index in [-0.39, 0.29) is 11.8 Å². The number of nitrogens with one attached hydrogen (secondary N) is 2. The van der Waals surface area contributed by atoms with Gasteiger partial charge in [-0.25, -0.2) is 0 Å². The molecule has 5 heteroatoms. The molecule has 0 bridgehead atoms. The lowest BCUT2D eigenvalue weighted by Gasteiger charge is -2.22. The molecule has 1 atom stereocenters. The molecule has 1 aromatic rings. The van der Waals surface area contributed by atoms with Crippen molar-refractivity contribution in [2.45, 2.75) is 12.8 Å². The van der Waals surface area contributed by atoms with Crippen molar-refractivity contribution in [2.24, 2.45) is 5.92 Å². The van der Waals surface area contributed by atoms with E-state index >= 15 is 0 Å². The van der Waals surface area contributed by atoms with Crippen molar-refractivity contribution >= 4 is 39.1 Å². The fraction of sp³-hybridized carbons (Fsp3) is 0.417. The van der Waals surface area contributed by atoms with Crippen molar-refractivity contribution in [3.8, 4) is 0 Å². The third-order valence-electron chi connectivity index (χ3n) is 2.86. The Labute approximate surface area is 114 Å². The van der Waals surface area contributed by atoms with E-state index in [4.69, 9.17) is 11.6 Å². The van der Waals surface area contributed by atoms with E-state index in [2.05, 4.69) is 26.6 Å². The summed E-state index contributed by atoms with van der Waals surface area (Å²) in [7, 11) is 0. The van der Waals surface area contributed by atoms with Gasteiger partial charge in [-0.1, -0.05) is 11.6 Å². The van der Waals surface area contributed by atoms with E-state index < -0.39 is 0 Å². The number of benzene rings is 1. The third-order valence-corrected chi connectivity index (χ3v) is 3.75. The van der Waals surface area contributed by atoms with Gasteiger partial charge in [0.1, 0.15) is 0 Å². The summed E-state index contributed by atoms with van der Waals surface area (Å²) in [5.41, 5.74) is 0.768. The summed E-state index contributed by atoms with van der Waals surface area (Å²) < 4.78 is 0.808. The molecule has 1 aliphatic heterocycles. The van der Waals surface area contributed by atoms with E-state index in [1.807, 2.05) is 0 Å². The molecule has 1 fully saturated rings. The maximum Gasteiger partial charge on any atom is 0.228 e. The molecule has 1 heterocycles. The molecule has 0 radical (unpaired) electrons. The first-order chi connectivity index (χ1) is 8.16. The number of piperidine rings is 1. The molecular formula is C12H14BrClN2O. The van der Waals surface area contributed by atoms with Crippen LogP contribution in [0.1, 0.15) is 12.8 Å². The molecule has 0 aromatic heterocycles. The quantitative estimate of drug-likeness (QED) is 0.880. The van der Waals surface area contributed by atoms with Crippen LogP contribution >= 0.6 is 27.5 Å². The smallest absolute Gasteiger partial charge is 0.228 e. The van der Waals surface area contributed by atoms with E-state index in [0.717, 1.165) is 36.1 Å². The molecule has 3 nitrogen and oxygen atoms in total. The van der Waals surface area contributed by atoms with Crippen LogP contribution < -0.4 is 10.6 Å². The third kappa shape index (κ3) is 3.44. The summed E-state index contributed by atoms with van der Waals surface area (Å²) >= 11 is 9.23. The number of hydrogen-bond donors (Lipinski definition) is 2. The Balaban J connectivity index is 2.02. The average Bonchev–Trinajstić information content (AvgIpc) is 2.34. The first kappa shape index (κ1) is 12.9. The van der Waals surface area contributed by atoms with Gasteiger partial charge in [0.05, 0.1) is 11.6 Å². The van der Waals surface area contributed by atoms with Crippen molar-refractivity contribution in [2.75, 3.05) is 18.4 Å². The van der Waals surface area contributed by atoms with E-state index in [0.29, 0.717) is 5.02 Å². The first-order valence-electron chi connectivity index (χ1n) is 5.63. The Hall–Kier alpha value is -0.580. The molecule has 1 unspecified atom stereocenters. The number of carbonyl (C=O) groups is 1. The van der Waals surface area contributed by atoms with Gasteiger partial charge in [-0.2, -0.15) is 0 Å². The van der Waals surface area contributed by atoms with Crippen LogP contribution in [-0.4, -0.2) is 19.0 Å². The van der Waals surface area contributed by atoms with E-state index in [9.17, 15) is 4.79 Å². The summed E-state index contributed by atoms with van der Waals surface area (Å²) in [5.74, 6) is 0.131. The standard InChI is InChI=1S/C12H14BrClN2O/c13-10-6-9(14)3-4-11(10)16-12(17)8-2-1-5-15-7-8/h3-4,6,8,15H,1-2,5,7H2,(H,16,17). The Morgan fingerprint density at radius 2 is 2.35 bits per heavy atom. The number of hydrogen-bond acceptors (Lipinski definition) is 2. The van der Waals surface area contributed by atoms with Gasteiger partial charge < -0.3 is 10.6 Å². The van der Waals surface area contributed by atoms with Gasteiger partial charge in [-0.05, 0) is 53.5 Å². The molecule has 0 saturated carbocycles. The Morgan fingerprint density at radius 1 is 1.53 bits per heavy atom. The molecule has 2 N–H and O–H groups in total. The molecule has 0 aliphatic carbocycles. The van der Waals surface area contributed by atoms with Crippen molar-refractivity contribution in [1.82, 2.24) is 5.32 Å². The zero-order valence-electron chi connectivity index (χ0n) is 9.30. The van der Waals surface area contributed by atoms with Crippen molar-refractivity contribution < 1.29 is 4.79 Å². The lowest BCUT2D eigenvalue weighted by molar-refractivity contribution is -0.120. The van der Waals surface area contributed by atoms with Gasteiger partial charge in [0.25, 0.3) is 0 Å². The first-order valence-corrected chi connectivity index (χ1v) is 6.80. The highest BCUT2D eigenvalue weighted by atomic mass is 79.9. The molecule has 1 aliphatic rings. The van der Waals surface area contributed by atoms with Crippen LogP contribution in [0.3, 0.4) is 0 Å². The minimum absolute atomic E-state index is 0.0614. The molecule has 17 heavy (non-hydrogen) atoms. The second kappa shape index (κ2) is 5.85. The molecule has 1 aromatic carbocycles. The van der Waals surface area contributed by atoms with Crippen LogP contribution in [0.4, 0.5) is 5.69 Å².